The third-order valence-electron chi connectivity index (χ3n) is 3.60. The maximum Gasteiger partial charge on any atom is 0.326 e. The maximum absolute atomic E-state index is 12.2. The van der Waals surface area contributed by atoms with Gasteiger partial charge in [0.15, 0.2) is 9.84 Å². The van der Waals surface area contributed by atoms with Crippen LogP contribution in [0.2, 0.25) is 0 Å². The number of carboxylic acid groups (broad SMARTS) is 1. The van der Waals surface area contributed by atoms with Crippen molar-refractivity contribution < 1.29 is 23.1 Å². The van der Waals surface area contributed by atoms with Gasteiger partial charge in [-0.1, -0.05) is 33.3 Å². The number of sulfone groups is 1. The van der Waals surface area contributed by atoms with Crippen molar-refractivity contribution in [3.05, 3.63) is 29.8 Å². The number of aliphatic carboxylic acids is 1. The summed E-state index contributed by atoms with van der Waals surface area (Å²) < 4.78 is 23.7. The molecule has 1 rings (SSSR count). The van der Waals surface area contributed by atoms with Crippen molar-refractivity contribution in [2.45, 2.75) is 38.1 Å². The molecular weight excluding hydrogens is 306 g/mol. The first-order valence-corrected chi connectivity index (χ1v) is 8.74. The Morgan fingerprint density at radius 1 is 1.27 bits per heavy atom. The van der Waals surface area contributed by atoms with E-state index in [0.29, 0.717) is 6.42 Å². The van der Waals surface area contributed by atoms with Crippen molar-refractivity contribution >= 4 is 21.7 Å². The Morgan fingerprint density at radius 2 is 1.91 bits per heavy atom. The highest BCUT2D eigenvalue weighted by atomic mass is 32.2. The predicted molar refractivity (Wildman–Crippen MR) is 82.5 cm³/mol. The van der Waals surface area contributed by atoms with Crippen molar-refractivity contribution in [1.82, 2.24) is 5.32 Å². The first-order valence-electron chi connectivity index (χ1n) is 7.09. The Bertz CT molecular complexity index is 654. The third-order valence-corrected chi connectivity index (χ3v) is 5.33. The van der Waals surface area contributed by atoms with Gasteiger partial charge in [0.2, 0.25) is 0 Å². The molecule has 0 fully saturated rings. The van der Waals surface area contributed by atoms with Crippen LogP contribution in [0.15, 0.2) is 29.2 Å². The highest BCUT2D eigenvalue weighted by Crippen LogP contribution is 2.14. The Kier molecular flexibility index (Phi) is 6.11. The zero-order chi connectivity index (χ0) is 16.9. The molecule has 0 bridgehead atoms. The van der Waals surface area contributed by atoms with Gasteiger partial charge in [-0.15, -0.1) is 0 Å². The first-order chi connectivity index (χ1) is 10.2. The molecule has 0 aliphatic rings. The predicted octanol–water partition coefficient (Wildman–Crippen LogP) is 1.71. The first kappa shape index (κ1) is 18.2. The molecule has 0 heterocycles. The lowest BCUT2D eigenvalue weighted by molar-refractivity contribution is -0.140. The fourth-order valence-corrected chi connectivity index (χ4v) is 2.83. The molecule has 6 nitrogen and oxygen atoms in total. The number of carboxylic acids is 1. The Morgan fingerprint density at radius 3 is 2.41 bits per heavy atom. The van der Waals surface area contributed by atoms with Crippen LogP contribution in [0.5, 0.6) is 0 Å². The Balaban J connectivity index is 3.04. The number of nitrogens with one attached hydrogen (secondary N) is 1. The van der Waals surface area contributed by atoms with Gasteiger partial charge in [-0.25, -0.2) is 13.2 Å². The van der Waals surface area contributed by atoms with Crippen molar-refractivity contribution in [3.8, 4) is 0 Å². The van der Waals surface area contributed by atoms with Gasteiger partial charge in [0.05, 0.1) is 10.6 Å². The van der Waals surface area contributed by atoms with Crippen LogP contribution in [-0.4, -0.2) is 37.2 Å². The Hall–Kier alpha value is -1.89. The van der Waals surface area contributed by atoms with Crippen LogP contribution >= 0.6 is 0 Å². The van der Waals surface area contributed by atoms with Gasteiger partial charge < -0.3 is 10.4 Å². The molecule has 2 N–H and O–H groups in total. The van der Waals surface area contributed by atoms with E-state index in [1.54, 1.807) is 6.92 Å². The largest absolute Gasteiger partial charge is 0.480 e. The monoisotopic (exact) mass is 327 g/mol. The maximum atomic E-state index is 12.2. The van der Waals surface area contributed by atoms with Crippen LogP contribution in [0.3, 0.4) is 0 Å². The summed E-state index contributed by atoms with van der Waals surface area (Å²) in [6.45, 7) is 5.09. The molecule has 1 aromatic rings. The van der Waals surface area contributed by atoms with E-state index in [0.717, 1.165) is 0 Å². The lowest BCUT2D eigenvalue weighted by Gasteiger charge is -2.20. The molecule has 0 aliphatic carbocycles. The van der Waals surface area contributed by atoms with Gasteiger partial charge >= 0.3 is 5.97 Å². The molecule has 122 valence electrons. The van der Waals surface area contributed by atoms with E-state index >= 15 is 0 Å². The van der Waals surface area contributed by atoms with E-state index in [1.165, 1.54) is 31.2 Å². The number of hydrogen-bond donors (Lipinski definition) is 2. The number of rotatable bonds is 7. The van der Waals surface area contributed by atoms with Crippen LogP contribution in [0.25, 0.3) is 0 Å². The smallest absolute Gasteiger partial charge is 0.326 e. The highest BCUT2D eigenvalue weighted by molar-refractivity contribution is 7.91. The fraction of sp³-hybridized carbons (Fsp3) is 0.467. The molecule has 0 aromatic heterocycles. The summed E-state index contributed by atoms with van der Waals surface area (Å²) in [6, 6.07) is 4.60. The van der Waals surface area contributed by atoms with Crippen molar-refractivity contribution in [2.24, 2.45) is 5.92 Å². The van der Waals surface area contributed by atoms with Crippen LogP contribution in [0.1, 0.15) is 37.6 Å². The minimum atomic E-state index is -3.42. The molecule has 0 saturated heterocycles. The van der Waals surface area contributed by atoms with Crippen LogP contribution in [0.4, 0.5) is 0 Å². The zero-order valence-corrected chi connectivity index (χ0v) is 13.7. The molecule has 22 heavy (non-hydrogen) atoms. The van der Waals surface area contributed by atoms with Gasteiger partial charge in [0.1, 0.15) is 6.04 Å². The summed E-state index contributed by atoms with van der Waals surface area (Å²) in [6.07, 6.45) is 0.599. The van der Waals surface area contributed by atoms with Gasteiger partial charge in [0.25, 0.3) is 5.91 Å². The standard InChI is InChI=1S/C15H21NO5S/c1-4-10(3)13(15(18)19)16-14(17)11-7-6-8-12(9-11)22(20,21)5-2/h6-10,13H,4-5H2,1-3H3,(H,16,17)(H,18,19)/t10-,13-/m0/s1. The van der Waals surface area contributed by atoms with E-state index < -0.39 is 27.8 Å². The molecule has 0 aliphatic heterocycles. The summed E-state index contributed by atoms with van der Waals surface area (Å²) in [5.74, 6) is -2.01. The number of amides is 1. The summed E-state index contributed by atoms with van der Waals surface area (Å²) >= 11 is 0. The topological polar surface area (TPSA) is 101 Å². The molecule has 2 atom stereocenters. The lowest BCUT2D eigenvalue weighted by atomic mass is 9.99. The molecule has 0 spiro atoms. The van der Waals surface area contributed by atoms with Crippen LogP contribution < -0.4 is 5.32 Å². The minimum absolute atomic E-state index is 0.0538. The molecule has 0 saturated carbocycles. The molecule has 7 heteroatoms. The number of hydrogen-bond acceptors (Lipinski definition) is 4. The molecular formula is C15H21NO5S. The lowest BCUT2D eigenvalue weighted by Crippen LogP contribution is -2.45. The van der Waals surface area contributed by atoms with E-state index in [2.05, 4.69) is 5.32 Å². The van der Waals surface area contributed by atoms with E-state index in [1.807, 2.05) is 6.92 Å². The zero-order valence-electron chi connectivity index (χ0n) is 12.9. The molecule has 0 radical (unpaired) electrons. The van der Waals surface area contributed by atoms with Gasteiger partial charge in [0, 0.05) is 5.56 Å². The second-order valence-electron chi connectivity index (χ2n) is 5.11. The second-order valence-corrected chi connectivity index (χ2v) is 7.38. The van der Waals surface area contributed by atoms with Gasteiger partial charge in [-0.3, -0.25) is 4.79 Å². The summed E-state index contributed by atoms with van der Waals surface area (Å²) in [4.78, 5) is 23.5. The van der Waals surface area contributed by atoms with E-state index in [4.69, 9.17) is 0 Å². The van der Waals surface area contributed by atoms with Crippen LogP contribution in [-0.2, 0) is 14.6 Å². The molecule has 1 aromatic carbocycles. The second kappa shape index (κ2) is 7.40. The number of carbonyl (C=O) groups excluding carboxylic acids is 1. The molecule has 1 amide bonds. The van der Waals surface area contributed by atoms with Gasteiger partial charge in [-0.05, 0) is 24.1 Å². The SMILES string of the molecule is CC[C@H](C)[C@H](NC(=O)c1cccc(S(=O)(=O)CC)c1)C(=O)O. The number of carbonyl (C=O) groups is 2. The minimum Gasteiger partial charge on any atom is -0.480 e. The Labute approximate surface area is 130 Å². The molecule has 0 unspecified atom stereocenters. The fourth-order valence-electron chi connectivity index (χ4n) is 1.91. The van der Waals surface area contributed by atoms with Crippen molar-refractivity contribution in [1.29, 1.82) is 0 Å². The van der Waals surface area contributed by atoms with Crippen molar-refractivity contribution in [2.75, 3.05) is 5.75 Å². The summed E-state index contributed by atoms with van der Waals surface area (Å²) in [5, 5.41) is 11.6. The van der Waals surface area contributed by atoms with Crippen molar-refractivity contribution in [3.63, 3.8) is 0 Å². The summed E-state index contributed by atoms with van der Waals surface area (Å²) in [7, 11) is -3.42. The average Bonchev–Trinajstić information content (AvgIpc) is 2.51. The number of benzene rings is 1. The average molecular weight is 327 g/mol. The quantitative estimate of drug-likeness (QED) is 0.794. The normalized spacial score (nSPS) is 14.1. The van der Waals surface area contributed by atoms with E-state index in [-0.39, 0.29) is 22.1 Å². The van der Waals surface area contributed by atoms with E-state index in [9.17, 15) is 23.1 Å². The van der Waals surface area contributed by atoms with Crippen LogP contribution in [0, 0.1) is 5.92 Å². The third kappa shape index (κ3) is 4.30. The highest BCUT2D eigenvalue weighted by Gasteiger charge is 2.26. The van der Waals surface area contributed by atoms with Gasteiger partial charge in [-0.2, -0.15) is 0 Å². The summed E-state index contributed by atoms with van der Waals surface area (Å²) in [5.41, 5.74) is 0.129.